The van der Waals surface area contributed by atoms with Crippen molar-refractivity contribution in [1.29, 1.82) is 0 Å². The van der Waals surface area contributed by atoms with Crippen molar-refractivity contribution in [3.8, 4) is 5.75 Å². The van der Waals surface area contributed by atoms with Gasteiger partial charge in [0.25, 0.3) is 0 Å². The fraction of sp³-hybridized carbons (Fsp3) is 0.652. The van der Waals surface area contributed by atoms with Crippen LogP contribution in [-0.2, 0) is 14.9 Å². The molecule has 0 unspecified atom stereocenters. The molecule has 0 atom stereocenters. The molecule has 0 radical (unpaired) electrons. The first-order chi connectivity index (χ1) is 14.1. The van der Waals surface area contributed by atoms with Gasteiger partial charge in [0.15, 0.2) is 5.96 Å². The Balaban J connectivity index is 1.64. The fourth-order valence-corrected chi connectivity index (χ4v) is 4.84. The maximum Gasteiger partial charge on any atom is 0.309 e. The van der Waals surface area contributed by atoms with Crippen molar-refractivity contribution in [2.45, 2.75) is 50.9 Å². The molecule has 2 aliphatic rings. The molecule has 29 heavy (non-hydrogen) atoms. The first kappa shape index (κ1) is 21.5. The average Bonchev–Trinajstić information content (AvgIpc) is 3.24. The van der Waals surface area contributed by atoms with Crippen LogP contribution in [0.3, 0.4) is 0 Å². The number of piperidine rings is 1. The van der Waals surface area contributed by atoms with Crippen molar-refractivity contribution in [3.63, 3.8) is 0 Å². The van der Waals surface area contributed by atoms with Crippen LogP contribution in [0.2, 0.25) is 0 Å². The predicted octanol–water partition coefficient (Wildman–Crippen LogP) is 3.36. The number of aliphatic imine (C=N–C) groups is 1. The third-order valence-corrected chi connectivity index (χ3v) is 6.45. The number of hydrogen-bond donors (Lipinski definition) is 1. The number of nitrogens with zero attached hydrogens (tertiary/aromatic N) is 2. The van der Waals surface area contributed by atoms with E-state index in [0.29, 0.717) is 6.61 Å². The molecule has 0 aromatic heterocycles. The Morgan fingerprint density at radius 3 is 2.55 bits per heavy atom. The molecule has 1 heterocycles. The second-order valence-electron chi connectivity index (χ2n) is 8.10. The summed E-state index contributed by atoms with van der Waals surface area (Å²) in [5.41, 5.74) is 1.37. The zero-order valence-corrected chi connectivity index (χ0v) is 18.1. The summed E-state index contributed by atoms with van der Waals surface area (Å²) in [6.45, 7) is 4.81. The Labute approximate surface area is 174 Å². The zero-order chi connectivity index (χ0) is 20.7. The number of hydrogen-bond acceptors (Lipinski definition) is 4. The summed E-state index contributed by atoms with van der Waals surface area (Å²) in [4.78, 5) is 18.8. The van der Waals surface area contributed by atoms with E-state index >= 15 is 0 Å². The van der Waals surface area contributed by atoms with E-state index < -0.39 is 0 Å². The summed E-state index contributed by atoms with van der Waals surface area (Å²) in [7, 11) is 3.59. The standard InChI is InChI=1S/C23H35N3O3/c1-4-29-21(27)18-11-15-26(16-12-18)22(24-2)25-17-23(13-7-8-14-23)19-9-5-6-10-20(19)28-3/h5-6,9-10,18H,4,7-8,11-17H2,1-3H3,(H,24,25). The van der Waals surface area contributed by atoms with E-state index in [0.717, 1.165) is 57.0 Å². The third kappa shape index (κ3) is 4.85. The molecule has 1 aliphatic heterocycles. The minimum atomic E-state index is -0.0591. The maximum absolute atomic E-state index is 12.0. The van der Waals surface area contributed by atoms with Crippen molar-refractivity contribution in [2.75, 3.05) is 40.4 Å². The summed E-state index contributed by atoms with van der Waals surface area (Å²) < 4.78 is 10.9. The van der Waals surface area contributed by atoms with Crippen LogP contribution in [0.1, 0.15) is 51.0 Å². The van der Waals surface area contributed by atoms with Crippen LogP contribution in [0, 0.1) is 5.92 Å². The molecular formula is C23H35N3O3. The summed E-state index contributed by atoms with van der Waals surface area (Å²) in [5, 5.41) is 3.65. The van der Waals surface area contributed by atoms with Crippen LogP contribution in [0.5, 0.6) is 5.75 Å². The highest BCUT2D eigenvalue weighted by molar-refractivity contribution is 5.80. The van der Waals surface area contributed by atoms with E-state index in [-0.39, 0.29) is 17.3 Å². The lowest BCUT2D eigenvalue weighted by atomic mass is 9.78. The largest absolute Gasteiger partial charge is 0.496 e. The Morgan fingerprint density at radius 1 is 1.24 bits per heavy atom. The number of methoxy groups -OCH3 is 1. The van der Waals surface area contributed by atoms with E-state index in [1.54, 1.807) is 7.11 Å². The molecule has 0 spiro atoms. The zero-order valence-electron chi connectivity index (χ0n) is 18.1. The number of nitrogens with one attached hydrogen (secondary N) is 1. The van der Waals surface area contributed by atoms with Gasteiger partial charge in [0.1, 0.15) is 5.75 Å². The van der Waals surface area contributed by atoms with E-state index in [1.165, 1.54) is 18.4 Å². The highest BCUT2D eigenvalue weighted by Crippen LogP contribution is 2.44. The lowest BCUT2D eigenvalue weighted by Crippen LogP contribution is -2.50. The number of guanidine groups is 1. The molecule has 1 aliphatic carbocycles. The Hall–Kier alpha value is -2.24. The summed E-state index contributed by atoms with van der Waals surface area (Å²) in [6.07, 6.45) is 6.42. The Morgan fingerprint density at radius 2 is 1.93 bits per heavy atom. The van der Waals surface area contributed by atoms with Gasteiger partial charge in [-0.15, -0.1) is 0 Å². The average molecular weight is 402 g/mol. The quantitative estimate of drug-likeness (QED) is 0.450. The van der Waals surface area contributed by atoms with E-state index in [9.17, 15) is 4.79 Å². The number of ether oxygens (including phenoxy) is 2. The second-order valence-corrected chi connectivity index (χ2v) is 8.10. The third-order valence-electron chi connectivity index (χ3n) is 6.45. The summed E-state index contributed by atoms with van der Waals surface area (Å²) in [5.74, 6) is 1.85. The van der Waals surface area contributed by atoms with Gasteiger partial charge in [-0.25, -0.2) is 0 Å². The molecule has 3 rings (SSSR count). The lowest BCUT2D eigenvalue weighted by Gasteiger charge is -2.36. The minimum Gasteiger partial charge on any atom is -0.496 e. The second kappa shape index (κ2) is 9.99. The first-order valence-electron chi connectivity index (χ1n) is 10.9. The lowest BCUT2D eigenvalue weighted by molar-refractivity contribution is -0.149. The van der Waals surface area contributed by atoms with E-state index in [2.05, 4.69) is 33.4 Å². The minimum absolute atomic E-state index is 0.0130. The maximum atomic E-state index is 12.0. The van der Waals surface area contributed by atoms with Crippen LogP contribution >= 0.6 is 0 Å². The highest BCUT2D eigenvalue weighted by Gasteiger charge is 2.38. The number of rotatable bonds is 6. The van der Waals surface area contributed by atoms with Gasteiger partial charge in [0, 0.05) is 37.7 Å². The molecule has 1 aromatic rings. The van der Waals surface area contributed by atoms with Crippen molar-refractivity contribution in [1.82, 2.24) is 10.2 Å². The number of esters is 1. The molecule has 160 valence electrons. The monoisotopic (exact) mass is 401 g/mol. The summed E-state index contributed by atoms with van der Waals surface area (Å²) in [6, 6.07) is 8.40. The van der Waals surface area contributed by atoms with Gasteiger partial charge in [0.2, 0.25) is 0 Å². The Bertz CT molecular complexity index is 705. The van der Waals surface area contributed by atoms with Crippen molar-refractivity contribution < 1.29 is 14.3 Å². The number of carbonyl (C=O) groups is 1. The van der Waals surface area contributed by atoms with Crippen LogP contribution in [-0.4, -0.2) is 57.2 Å². The molecule has 1 saturated carbocycles. The number of likely N-dealkylation sites (tertiary alicyclic amines) is 1. The van der Waals surface area contributed by atoms with Gasteiger partial charge >= 0.3 is 5.97 Å². The van der Waals surface area contributed by atoms with Gasteiger partial charge in [0.05, 0.1) is 19.6 Å². The van der Waals surface area contributed by atoms with Gasteiger partial charge in [-0.05, 0) is 38.7 Å². The molecule has 1 aromatic carbocycles. The van der Waals surface area contributed by atoms with Crippen molar-refractivity contribution in [3.05, 3.63) is 29.8 Å². The van der Waals surface area contributed by atoms with Crippen LogP contribution in [0.15, 0.2) is 29.3 Å². The number of para-hydroxylation sites is 1. The molecule has 6 heteroatoms. The molecule has 1 N–H and O–H groups in total. The SMILES string of the molecule is CCOC(=O)C1CCN(C(=NC)NCC2(c3ccccc3OC)CCCC2)CC1. The van der Waals surface area contributed by atoms with Crippen molar-refractivity contribution in [2.24, 2.45) is 10.9 Å². The topological polar surface area (TPSA) is 63.2 Å². The molecule has 0 amide bonds. The van der Waals surface area contributed by atoms with Crippen LogP contribution in [0.25, 0.3) is 0 Å². The van der Waals surface area contributed by atoms with Crippen molar-refractivity contribution >= 4 is 11.9 Å². The normalized spacial score (nSPS) is 19.8. The molecule has 6 nitrogen and oxygen atoms in total. The number of benzene rings is 1. The highest BCUT2D eigenvalue weighted by atomic mass is 16.5. The number of carbonyl (C=O) groups excluding carboxylic acids is 1. The van der Waals surface area contributed by atoms with Crippen LogP contribution in [0.4, 0.5) is 0 Å². The molecular weight excluding hydrogens is 366 g/mol. The summed E-state index contributed by atoms with van der Waals surface area (Å²) >= 11 is 0. The van der Waals surface area contributed by atoms with Gasteiger partial charge in [-0.2, -0.15) is 0 Å². The van der Waals surface area contributed by atoms with Crippen LogP contribution < -0.4 is 10.1 Å². The van der Waals surface area contributed by atoms with Gasteiger partial charge in [-0.3, -0.25) is 9.79 Å². The fourth-order valence-electron chi connectivity index (χ4n) is 4.84. The molecule has 0 bridgehead atoms. The molecule has 2 fully saturated rings. The smallest absolute Gasteiger partial charge is 0.309 e. The predicted molar refractivity (Wildman–Crippen MR) is 115 cm³/mol. The van der Waals surface area contributed by atoms with Gasteiger partial charge < -0.3 is 19.7 Å². The van der Waals surface area contributed by atoms with Gasteiger partial charge in [-0.1, -0.05) is 31.0 Å². The molecule has 1 saturated heterocycles. The van der Waals surface area contributed by atoms with E-state index in [4.69, 9.17) is 9.47 Å². The Kier molecular flexibility index (Phi) is 7.40. The first-order valence-corrected chi connectivity index (χ1v) is 10.9. The van der Waals surface area contributed by atoms with E-state index in [1.807, 2.05) is 20.0 Å².